The molecule has 0 saturated heterocycles. The molecule has 0 radical (unpaired) electrons. The monoisotopic (exact) mass is 340 g/mol. The summed E-state index contributed by atoms with van der Waals surface area (Å²) < 4.78 is 7.40. The standard InChI is InChI=1S/C20H24N2O3/c1-15-5-4-8-20(24)22(15)11-9-19(23)21-14-16-10-12-25-18-7-3-2-6-17(18)13-16/h2-8,16H,9-14H2,1H3,(H,21,23)/t16-/m1/s1. The Balaban J connectivity index is 1.50. The van der Waals surface area contributed by atoms with Crippen molar-refractivity contribution in [1.82, 2.24) is 9.88 Å². The lowest BCUT2D eigenvalue weighted by Crippen LogP contribution is -2.32. The van der Waals surface area contributed by atoms with E-state index in [-0.39, 0.29) is 11.5 Å². The molecule has 2 aromatic rings. The van der Waals surface area contributed by atoms with Gasteiger partial charge in [0, 0.05) is 31.3 Å². The highest BCUT2D eigenvalue weighted by Gasteiger charge is 2.18. The minimum atomic E-state index is -0.0645. The van der Waals surface area contributed by atoms with Gasteiger partial charge in [0.1, 0.15) is 5.75 Å². The molecule has 0 unspecified atom stereocenters. The number of aryl methyl sites for hydroxylation is 1. The third kappa shape index (κ3) is 4.50. The first kappa shape index (κ1) is 17.3. The second-order valence-electron chi connectivity index (χ2n) is 6.53. The van der Waals surface area contributed by atoms with Crippen molar-refractivity contribution in [2.45, 2.75) is 32.7 Å². The number of carbonyl (C=O) groups excluding carboxylic acids is 1. The van der Waals surface area contributed by atoms with Gasteiger partial charge in [0.15, 0.2) is 0 Å². The average Bonchev–Trinajstić information content (AvgIpc) is 2.81. The molecule has 0 saturated carbocycles. The quantitative estimate of drug-likeness (QED) is 0.908. The Morgan fingerprint density at radius 2 is 2.08 bits per heavy atom. The summed E-state index contributed by atoms with van der Waals surface area (Å²) in [5.74, 6) is 1.30. The molecule has 132 valence electrons. The minimum Gasteiger partial charge on any atom is -0.493 e. The number of rotatable bonds is 5. The van der Waals surface area contributed by atoms with Gasteiger partial charge in [-0.3, -0.25) is 9.59 Å². The van der Waals surface area contributed by atoms with Crippen LogP contribution in [0.1, 0.15) is 24.1 Å². The van der Waals surface area contributed by atoms with Gasteiger partial charge in [-0.05, 0) is 43.4 Å². The van der Waals surface area contributed by atoms with Crippen LogP contribution in [0.25, 0.3) is 0 Å². The van der Waals surface area contributed by atoms with Crippen LogP contribution in [0.5, 0.6) is 5.75 Å². The van der Waals surface area contributed by atoms with E-state index in [1.54, 1.807) is 10.6 Å². The Kier molecular flexibility index (Phi) is 5.53. The number of nitrogens with one attached hydrogen (secondary N) is 1. The molecule has 0 fully saturated rings. The fourth-order valence-corrected chi connectivity index (χ4v) is 3.21. The molecule has 1 aromatic heterocycles. The van der Waals surface area contributed by atoms with Crippen molar-refractivity contribution < 1.29 is 9.53 Å². The Morgan fingerprint density at radius 1 is 1.24 bits per heavy atom. The first-order valence-corrected chi connectivity index (χ1v) is 8.77. The molecule has 3 rings (SSSR count). The fourth-order valence-electron chi connectivity index (χ4n) is 3.21. The van der Waals surface area contributed by atoms with Crippen LogP contribution in [0.3, 0.4) is 0 Å². The number of para-hydroxylation sites is 1. The number of aromatic nitrogens is 1. The predicted molar refractivity (Wildman–Crippen MR) is 96.8 cm³/mol. The molecule has 1 aliphatic heterocycles. The van der Waals surface area contributed by atoms with Gasteiger partial charge in [-0.15, -0.1) is 0 Å². The Bertz CT molecular complexity index is 798. The third-order valence-corrected chi connectivity index (χ3v) is 4.68. The van der Waals surface area contributed by atoms with Gasteiger partial charge >= 0.3 is 0 Å². The summed E-state index contributed by atoms with van der Waals surface area (Å²) in [4.78, 5) is 24.0. The first-order valence-electron chi connectivity index (χ1n) is 8.77. The summed E-state index contributed by atoms with van der Waals surface area (Å²) in [5, 5.41) is 3.01. The molecule has 1 amide bonds. The van der Waals surface area contributed by atoms with Gasteiger partial charge < -0.3 is 14.6 Å². The van der Waals surface area contributed by atoms with Crippen LogP contribution in [0.15, 0.2) is 47.3 Å². The predicted octanol–water partition coefficient (Wildman–Crippen LogP) is 2.30. The molecule has 5 nitrogen and oxygen atoms in total. The van der Waals surface area contributed by atoms with Gasteiger partial charge in [-0.25, -0.2) is 0 Å². The topological polar surface area (TPSA) is 60.3 Å². The van der Waals surface area contributed by atoms with Crippen molar-refractivity contribution in [2.24, 2.45) is 5.92 Å². The second kappa shape index (κ2) is 8.01. The van der Waals surface area contributed by atoms with Crippen molar-refractivity contribution in [3.63, 3.8) is 0 Å². The number of hydrogen-bond acceptors (Lipinski definition) is 3. The molecular weight excluding hydrogens is 316 g/mol. The van der Waals surface area contributed by atoms with Crippen LogP contribution in [0, 0.1) is 12.8 Å². The Hall–Kier alpha value is -2.56. The molecule has 2 heterocycles. The van der Waals surface area contributed by atoms with E-state index < -0.39 is 0 Å². The number of pyridine rings is 1. The molecule has 1 atom stereocenters. The van der Waals surface area contributed by atoms with E-state index in [2.05, 4.69) is 11.4 Å². The minimum absolute atomic E-state index is 0.0198. The lowest BCUT2D eigenvalue weighted by Gasteiger charge is -2.15. The number of carbonyl (C=O) groups is 1. The molecule has 1 N–H and O–H groups in total. The SMILES string of the molecule is Cc1cccc(=O)n1CCC(=O)NC[C@@H]1CCOc2ccccc2C1. The highest BCUT2D eigenvalue weighted by atomic mass is 16.5. The number of hydrogen-bond donors (Lipinski definition) is 1. The summed E-state index contributed by atoms with van der Waals surface area (Å²) in [6.07, 6.45) is 2.14. The maximum Gasteiger partial charge on any atom is 0.250 e. The number of fused-ring (bicyclic) bond motifs is 1. The molecular formula is C20H24N2O3. The van der Waals surface area contributed by atoms with Crippen molar-refractivity contribution >= 4 is 5.91 Å². The maximum atomic E-state index is 12.2. The van der Waals surface area contributed by atoms with Crippen LogP contribution in [-0.4, -0.2) is 23.6 Å². The lowest BCUT2D eigenvalue weighted by molar-refractivity contribution is -0.121. The summed E-state index contributed by atoms with van der Waals surface area (Å²) in [6.45, 7) is 3.60. The zero-order valence-corrected chi connectivity index (χ0v) is 14.5. The van der Waals surface area contributed by atoms with Gasteiger partial charge in [-0.1, -0.05) is 24.3 Å². The highest BCUT2D eigenvalue weighted by molar-refractivity contribution is 5.75. The lowest BCUT2D eigenvalue weighted by atomic mass is 9.97. The highest BCUT2D eigenvalue weighted by Crippen LogP contribution is 2.26. The molecule has 5 heteroatoms. The number of benzene rings is 1. The van der Waals surface area contributed by atoms with Gasteiger partial charge in [0.05, 0.1) is 6.61 Å². The summed E-state index contributed by atoms with van der Waals surface area (Å²) >= 11 is 0. The molecule has 0 aliphatic carbocycles. The smallest absolute Gasteiger partial charge is 0.250 e. The van der Waals surface area contributed by atoms with Crippen molar-refractivity contribution in [1.29, 1.82) is 0 Å². The van der Waals surface area contributed by atoms with Crippen molar-refractivity contribution in [3.8, 4) is 5.75 Å². The average molecular weight is 340 g/mol. The zero-order chi connectivity index (χ0) is 17.6. The molecule has 1 aromatic carbocycles. The number of ether oxygens (including phenoxy) is 1. The molecule has 0 bridgehead atoms. The molecule has 25 heavy (non-hydrogen) atoms. The second-order valence-corrected chi connectivity index (χ2v) is 6.53. The van der Waals surface area contributed by atoms with E-state index in [0.717, 1.165) is 24.3 Å². The van der Waals surface area contributed by atoms with Gasteiger partial charge in [0.25, 0.3) is 5.56 Å². The Labute approximate surface area is 147 Å². The largest absolute Gasteiger partial charge is 0.493 e. The number of nitrogens with zero attached hydrogens (tertiary/aromatic N) is 1. The van der Waals surface area contributed by atoms with Crippen LogP contribution in [-0.2, 0) is 17.8 Å². The Morgan fingerprint density at radius 3 is 2.92 bits per heavy atom. The summed E-state index contributed by atoms with van der Waals surface area (Å²) in [5.41, 5.74) is 2.01. The summed E-state index contributed by atoms with van der Waals surface area (Å²) in [7, 11) is 0. The van der Waals surface area contributed by atoms with Crippen LogP contribution in [0.2, 0.25) is 0 Å². The van der Waals surface area contributed by atoms with E-state index in [0.29, 0.717) is 32.0 Å². The van der Waals surface area contributed by atoms with E-state index in [9.17, 15) is 9.59 Å². The fraction of sp³-hybridized carbons (Fsp3) is 0.400. The van der Waals surface area contributed by atoms with Crippen molar-refractivity contribution in [3.05, 3.63) is 64.1 Å². The van der Waals surface area contributed by atoms with Gasteiger partial charge in [0.2, 0.25) is 5.91 Å². The number of amides is 1. The van der Waals surface area contributed by atoms with Crippen LogP contribution >= 0.6 is 0 Å². The third-order valence-electron chi connectivity index (χ3n) is 4.68. The van der Waals surface area contributed by atoms with Crippen LogP contribution in [0.4, 0.5) is 0 Å². The van der Waals surface area contributed by atoms with Crippen molar-refractivity contribution in [2.75, 3.05) is 13.2 Å². The maximum absolute atomic E-state index is 12.2. The normalized spacial score (nSPS) is 16.4. The first-order chi connectivity index (χ1) is 12.1. The molecule has 1 aliphatic rings. The molecule has 0 spiro atoms. The van der Waals surface area contributed by atoms with E-state index in [1.165, 1.54) is 11.6 Å². The zero-order valence-electron chi connectivity index (χ0n) is 14.5. The van der Waals surface area contributed by atoms with E-state index in [4.69, 9.17) is 4.74 Å². The van der Waals surface area contributed by atoms with Gasteiger partial charge in [-0.2, -0.15) is 0 Å². The van der Waals surface area contributed by atoms with Crippen LogP contribution < -0.4 is 15.6 Å². The van der Waals surface area contributed by atoms with E-state index in [1.807, 2.05) is 31.2 Å². The summed E-state index contributed by atoms with van der Waals surface area (Å²) in [6, 6.07) is 13.2. The van der Waals surface area contributed by atoms with E-state index >= 15 is 0 Å².